The van der Waals surface area contributed by atoms with Crippen molar-refractivity contribution in [1.29, 1.82) is 0 Å². The standard InChI is InChI=1S/C26H34Cl2N2O3/c1-19(25(32)33-26(3,4)5)18-24(31)29-17-16-21(13-9-7-6-8-12-20(2)27)30(29)23-15-11-10-14-22(23)28/h6-12,14-15,19,21H,13,16-18H2,1-5H3/b8-6-,9-7+,20-12+. The lowest BCUT2D eigenvalue weighted by molar-refractivity contribution is -0.161. The Morgan fingerprint density at radius 3 is 2.55 bits per heavy atom. The molecular formula is C26H34Cl2N2O3. The fourth-order valence-electron chi connectivity index (χ4n) is 3.54. The van der Waals surface area contributed by atoms with Gasteiger partial charge < -0.3 is 4.74 Å². The quantitative estimate of drug-likeness (QED) is 0.300. The molecule has 1 aromatic carbocycles. The van der Waals surface area contributed by atoms with Crippen LogP contribution in [0.1, 0.15) is 53.9 Å². The van der Waals surface area contributed by atoms with Gasteiger partial charge in [-0.3, -0.25) is 19.6 Å². The van der Waals surface area contributed by atoms with E-state index in [9.17, 15) is 9.59 Å². The summed E-state index contributed by atoms with van der Waals surface area (Å²) in [5.41, 5.74) is 0.194. The molecule has 1 aliphatic rings. The maximum Gasteiger partial charge on any atom is 0.309 e. The van der Waals surface area contributed by atoms with Crippen LogP contribution in [0.2, 0.25) is 5.02 Å². The molecule has 2 rings (SSSR count). The number of hydrogen-bond acceptors (Lipinski definition) is 4. The van der Waals surface area contributed by atoms with E-state index >= 15 is 0 Å². The third-order valence-electron chi connectivity index (χ3n) is 5.05. The van der Waals surface area contributed by atoms with Gasteiger partial charge in [-0.25, -0.2) is 0 Å². The summed E-state index contributed by atoms with van der Waals surface area (Å²) < 4.78 is 5.44. The van der Waals surface area contributed by atoms with Crippen LogP contribution in [-0.2, 0) is 14.3 Å². The number of nitrogens with zero attached hydrogens (tertiary/aromatic N) is 2. The Bertz CT molecular complexity index is 914. The van der Waals surface area contributed by atoms with E-state index in [1.165, 1.54) is 0 Å². The molecule has 0 bridgehead atoms. The highest BCUT2D eigenvalue weighted by atomic mass is 35.5. The average molecular weight is 493 g/mol. The Labute approximate surface area is 207 Å². The van der Waals surface area contributed by atoms with E-state index in [2.05, 4.69) is 6.08 Å². The van der Waals surface area contributed by atoms with E-state index in [-0.39, 0.29) is 24.3 Å². The van der Waals surface area contributed by atoms with Gasteiger partial charge in [-0.15, -0.1) is 0 Å². The molecule has 1 amide bonds. The summed E-state index contributed by atoms with van der Waals surface area (Å²) >= 11 is 12.3. The molecule has 7 heteroatoms. The first kappa shape index (κ1) is 27.0. The molecule has 180 valence electrons. The van der Waals surface area contributed by atoms with Crippen molar-refractivity contribution in [3.05, 3.63) is 64.7 Å². The number of amides is 1. The number of hydrogen-bond donors (Lipinski definition) is 0. The maximum atomic E-state index is 13.2. The summed E-state index contributed by atoms with van der Waals surface area (Å²) in [5.74, 6) is -1.03. The van der Waals surface area contributed by atoms with Gasteiger partial charge in [-0.05, 0) is 58.7 Å². The summed E-state index contributed by atoms with van der Waals surface area (Å²) in [4.78, 5) is 25.6. The Balaban J connectivity index is 2.16. The predicted octanol–water partition coefficient (Wildman–Crippen LogP) is 6.68. The molecule has 0 aromatic heterocycles. The van der Waals surface area contributed by atoms with Gasteiger partial charge in [0.15, 0.2) is 0 Å². The van der Waals surface area contributed by atoms with Crippen LogP contribution < -0.4 is 5.01 Å². The van der Waals surface area contributed by atoms with Gasteiger partial charge in [0.2, 0.25) is 5.91 Å². The molecule has 1 aromatic rings. The Morgan fingerprint density at radius 2 is 1.91 bits per heavy atom. The van der Waals surface area contributed by atoms with Crippen LogP contribution in [0.3, 0.4) is 0 Å². The van der Waals surface area contributed by atoms with E-state index in [0.29, 0.717) is 11.6 Å². The largest absolute Gasteiger partial charge is 0.460 e. The number of benzene rings is 1. The molecule has 1 saturated heterocycles. The fraction of sp³-hybridized carbons (Fsp3) is 0.462. The smallest absolute Gasteiger partial charge is 0.309 e. The maximum absolute atomic E-state index is 13.2. The number of allylic oxidation sites excluding steroid dienone is 5. The van der Waals surface area contributed by atoms with Crippen molar-refractivity contribution in [2.75, 3.05) is 11.6 Å². The van der Waals surface area contributed by atoms with Crippen LogP contribution in [0, 0.1) is 5.92 Å². The van der Waals surface area contributed by atoms with Crippen LogP contribution in [0.25, 0.3) is 0 Å². The second-order valence-corrected chi connectivity index (χ2v) is 10.2. The van der Waals surface area contributed by atoms with Crippen molar-refractivity contribution >= 4 is 40.8 Å². The lowest BCUT2D eigenvalue weighted by atomic mass is 10.1. The van der Waals surface area contributed by atoms with E-state index in [0.717, 1.165) is 23.6 Å². The number of para-hydroxylation sites is 1. The highest BCUT2D eigenvalue weighted by molar-refractivity contribution is 6.33. The fourth-order valence-corrected chi connectivity index (χ4v) is 3.84. The molecule has 0 N–H and O–H groups in total. The van der Waals surface area contributed by atoms with E-state index in [4.69, 9.17) is 27.9 Å². The number of halogens is 2. The molecule has 0 spiro atoms. The second-order valence-electron chi connectivity index (χ2n) is 9.20. The molecule has 0 radical (unpaired) electrons. The first-order chi connectivity index (χ1) is 15.5. The van der Waals surface area contributed by atoms with Crippen LogP contribution in [0.4, 0.5) is 5.69 Å². The van der Waals surface area contributed by atoms with Gasteiger partial charge >= 0.3 is 5.97 Å². The van der Waals surface area contributed by atoms with Crippen LogP contribution in [0.5, 0.6) is 0 Å². The zero-order valence-corrected chi connectivity index (χ0v) is 21.6. The molecule has 2 atom stereocenters. The Morgan fingerprint density at radius 1 is 1.21 bits per heavy atom. The number of ether oxygens (including phenoxy) is 1. The number of anilines is 1. The number of hydrazine groups is 1. The number of esters is 1. The normalized spacial score (nSPS) is 18.4. The summed E-state index contributed by atoms with van der Waals surface area (Å²) in [6.07, 6.45) is 11.3. The topological polar surface area (TPSA) is 49.9 Å². The number of carbonyl (C=O) groups is 2. The van der Waals surface area contributed by atoms with E-state index in [1.54, 1.807) is 11.9 Å². The first-order valence-corrected chi connectivity index (χ1v) is 12.0. The molecule has 0 aliphatic carbocycles. The van der Waals surface area contributed by atoms with Crippen LogP contribution >= 0.6 is 23.2 Å². The van der Waals surface area contributed by atoms with Gasteiger partial charge in [-0.1, -0.05) is 66.6 Å². The lowest BCUT2D eigenvalue weighted by Crippen LogP contribution is -2.46. The highest BCUT2D eigenvalue weighted by Gasteiger charge is 2.36. The van der Waals surface area contributed by atoms with Gasteiger partial charge in [-0.2, -0.15) is 0 Å². The monoisotopic (exact) mass is 492 g/mol. The predicted molar refractivity (Wildman–Crippen MR) is 136 cm³/mol. The van der Waals surface area contributed by atoms with Crippen molar-refractivity contribution in [2.24, 2.45) is 5.92 Å². The Kier molecular flexibility index (Phi) is 10.1. The molecule has 0 saturated carbocycles. The van der Waals surface area contributed by atoms with Crippen LogP contribution in [0.15, 0.2) is 59.7 Å². The lowest BCUT2D eigenvalue weighted by Gasteiger charge is -2.35. The first-order valence-electron chi connectivity index (χ1n) is 11.2. The zero-order valence-electron chi connectivity index (χ0n) is 20.1. The second kappa shape index (κ2) is 12.3. The van der Waals surface area contributed by atoms with Crippen molar-refractivity contribution in [1.82, 2.24) is 5.01 Å². The Hall–Kier alpha value is -2.24. The van der Waals surface area contributed by atoms with Gasteiger partial charge in [0.05, 0.1) is 22.7 Å². The third-order valence-corrected chi connectivity index (χ3v) is 5.50. The van der Waals surface area contributed by atoms with E-state index in [1.807, 2.05) is 81.3 Å². The average Bonchev–Trinajstić information content (AvgIpc) is 3.13. The summed E-state index contributed by atoms with van der Waals surface area (Å²) in [6, 6.07) is 7.57. The third kappa shape index (κ3) is 8.56. The minimum absolute atomic E-state index is 0.0700. The van der Waals surface area contributed by atoms with Crippen LogP contribution in [-0.4, -0.2) is 35.1 Å². The summed E-state index contributed by atoms with van der Waals surface area (Å²) in [6.45, 7) is 9.57. The number of rotatable bonds is 8. The van der Waals surface area contributed by atoms with Crippen molar-refractivity contribution in [3.63, 3.8) is 0 Å². The summed E-state index contributed by atoms with van der Waals surface area (Å²) in [7, 11) is 0. The van der Waals surface area contributed by atoms with E-state index < -0.39 is 11.5 Å². The molecule has 1 fully saturated rings. The molecule has 1 aliphatic heterocycles. The van der Waals surface area contributed by atoms with Gasteiger partial charge in [0.25, 0.3) is 0 Å². The SMILES string of the molecule is C\C(Cl)=C/C=C\C=C\CC1CCN(C(=O)CC(C)C(=O)OC(C)(C)C)N1c1ccccc1Cl. The van der Waals surface area contributed by atoms with Crippen molar-refractivity contribution < 1.29 is 14.3 Å². The minimum atomic E-state index is -0.588. The molecular weight excluding hydrogens is 459 g/mol. The van der Waals surface area contributed by atoms with Crippen molar-refractivity contribution in [2.45, 2.75) is 65.5 Å². The zero-order chi connectivity index (χ0) is 24.6. The summed E-state index contributed by atoms with van der Waals surface area (Å²) in [5, 5.41) is 4.99. The molecule has 33 heavy (non-hydrogen) atoms. The number of carbonyl (C=O) groups excluding carboxylic acids is 2. The van der Waals surface area contributed by atoms with Gasteiger partial charge in [0, 0.05) is 18.0 Å². The van der Waals surface area contributed by atoms with Crippen molar-refractivity contribution in [3.8, 4) is 0 Å². The van der Waals surface area contributed by atoms with Gasteiger partial charge in [0.1, 0.15) is 5.60 Å². The highest BCUT2D eigenvalue weighted by Crippen LogP contribution is 2.34. The molecule has 5 nitrogen and oxygen atoms in total. The molecule has 1 heterocycles. The minimum Gasteiger partial charge on any atom is -0.460 e. The molecule has 2 unspecified atom stereocenters.